The van der Waals surface area contributed by atoms with Crippen molar-refractivity contribution in [1.82, 2.24) is 0 Å². The number of anilines is 1. The monoisotopic (exact) mass is 359 g/mol. The van der Waals surface area contributed by atoms with Crippen LogP contribution in [0.15, 0.2) is 34.1 Å². The van der Waals surface area contributed by atoms with Gasteiger partial charge in [0.1, 0.15) is 0 Å². The first-order valence-electron chi connectivity index (χ1n) is 5.45. The van der Waals surface area contributed by atoms with E-state index in [0.717, 1.165) is 9.35 Å². The Morgan fingerprint density at radius 1 is 1.53 bits per heavy atom. The fourth-order valence-corrected chi connectivity index (χ4v) is 3.65. The quantitative estimate of drug-likeness (QED) is 0.873. The summed E-state index contributed by atoms with van der Waals surface area (Å²) in [6.45, 7) is 0.611. The first kappa shape index (κ1) is 14.4. The van der Waals surface area contributed by atoms with Crippen LogP contribution >= 0.6 is 38.9 Å². The largest absolute Gasteiger partial charge is 0.478 e. The summed E-state index contributed by atoms with van der Waals surface area (Å²) in [5.74, 6) is -0.975. The first-order valence-corrected chi connectivity index (χ1v) is 7.50. The van der Waals surface area contributed by atoms with E-state index in [-0.39, 0.29) is 5.56 Å². The van der Waals surface area contributed by atoms with Crippen LogP contribution in [0.4, 0.5) is 5.69 Å². The number of carbonyl (C=O) groups is 1. The molecule has 6 heteroatoms. The molecule has 0 aliphatic carbocycles. The lowest BCUT2D eigenvalue weighted by Crippen LogP contribution is -2.19. The number of halogens is 2. The van der Waals surface area contributed by atoms with Gasteiger partial charge in [-0.25, -0.2) is 4.79 Å². The molecule has 0 aliphatic heterocycles. The molecule has 0 unspecified atom stereocenters. The van der Waals surface area contributed by atoms with Crippen molar-refractivity contribution in [3.63, 3.8) is 0 Å². The van der Waals surface area contributed by atoms with E-state index in [1.54, 1.807) is 29.5 Å². The summed E-state index contributed by atoms with van der Waals surface area (Å²) in [6, 6.07) is 6.91. The van der Waals surface area contributed by atoms with Crippen LogP contribution in [0.1, 0.15) is 15.2 Å². The molecule has 1 heterocycles. The predicted molar refractivity (Wildman–Crippen MR) is 82.5 cm³/mol. The average Bonchev–Trinajstić information content (AvgIpc) is 2.74. The number of rotatable bonds is 4. The molecule has 0 saturated heterocycles. The zero-order valence-electron chi connectivity index (χ0n) is 10.1. The minimum absolute atomic E-state index is 0.214. The van der Waals surface area contributed by atoms with Crippen molar-refractivity contribution in [2.45, 2.75) is 6.54 Å². The third kappa shape index (κ3) is 3.29. The van der Waals surface area contributed by atoms with Gasteiger partial charge in [-0.3, -0.25) is 0 Å². The predicted octanol–water partition coefficient (Wildman–Crippen LogP) is 4.50. The van der Waals surface area contributed by atoms with E-state index in [2.05, 4.69) is 15.9 Å². The van der Waals surface area contributed by atoms with Crippen LogP contribution in [0.25, 0.3) is 0 Å². The lowest BCUT2D eigenvalue weighted by Gasteiger charge is -2.21. The minimum atomic E-state index is -0.975. The Balaban J connectivity index is 2.32. The summed E-state index contributed by atoms with van der Waals surface area (Å²) in [4.78, 5) is 14.2. The van der Waals surface area contributed by atoms with Gasteiger partial charge in [0, 0.05) is 21.8 Å². The summed E-state index contributed by atoms with van der Waals surface area (Å²) in [7, 11) is 1.83. The van der Waals surface area contributed by atoms with E-state index < -0.39 is 5.97 Å². The number of carboxylic acids is 1. The molecule has 0 spiro atoms. The Morgan fingerprint density at radius 3 is 2.84 bits per heavy atom. The molecule has 1 N–H and O–H groups in total. The number of benzene rings is 1. The van der Waals surface area contributed by atoms with Crippen molar-refractivity contribution in [3.8, 4) is 0 Å². The molecule has 2 rings (SSSR count). The molecule has 0 aliphatic rings. The summed E-state index contributed by atoms with van der Waals surface area (Å²) >= 11 is 11.1. The van der Waals surface area contributed by atoms with Crippen molar-refractivity contribution >= 4 is 50.5 Å². The van der Waals surface area contributed by atoms with Gasteiger partial charge in [-0.05, 0) is 34.1 Å². The molecular weight excluding hydrogens is 350 g/mol. The number of hydrogen-bond acceptors (Lipinski definition) is 3. The van der Waals surface area contributed by atoms with Crippen molar-refractivity contribution in [1.29, 1.82) is 0 Å². The second-order valence-corrected chi connectivity index (χ2v) is 6.35. The smallest absolute Gasteiger partial charge is 0.337 e. The molecule has 0 saturated carbocycles. The van der Waals surface area contributed by atoms with Crippen LogP contribution in [0.2, 0.25) is 5.02 Å². The van der Waals surface area contributed by atoms with Crippen molar-refractivity contribution in [2.24, 2.45) is 0 Å². The number of para-hydroxylation sites is 1. The topological polar surface area (TPSA) is 40.5 Å². The Morgan fingerprint density at radius 2 is 2.26 bits per heavy atom. The van der Waals surface area contributed by atoms with Crippen molar-refractivity contribution in [3.05, 3.63) is 49.6 Å². The van der Waals surface area contributed by atoms with Gasteiger partial charge in [0.2, 0.25) is 0 Å². The third-order valence-electron chi connectivity index (χ3n) is 2.61. The Kier molecular flexibility index (Phi) is 4.50. The van der Waals surface area contributed by atoms with Crippen LogP contribution in [-0.2, 0) is 6.54 Å². The summed E-state index contributed by atoms with van der Waals surface area (Å²) in [5, 5.41) is 11.7. The number of aromatic carboxylic acids is 1. The Bertz CT molecular complexity index is 614. The molecule has 0 fully saturated rings. The van der Waals surface area contributed by atoms with Gasteiger partial charge >= 0.3 is 5.97 Å². The average molecular weight is 361 g/mol. The van der Waals surface area contributed by atoms with Gasteiger partial charge in [-0.1, -0.05) is 17.7 Å². The van der Waals surface area contributed by atoms with E-state index in [1.807, 2.05) is 23.4 Å². The maximum atomic E-state index is 11.2. The van der Waals surface area contributed by atoms with Crippen LogP contribution in [-0.4, -0.2) is 18.1 Å². The van der Waals surface area contributed by atoms with Crippen LogP contribution in [0.5, 0.6) is 0 Å². The Hall–Kier alpha value is -1.04. The Labute approximate surface area is 128 Å². The summed E-state index contributed by atoms with van der Waals surface area (Å²) in [6.07, 6.45) is 0. The zero-order valence-corrected chi connectivity index (χ0v) is 13.2. The van der Waals surface area contributed by atoms with E-state index >= 15 is 0 Å². The molecule has 1 aromatic heterocycles. The summed E-state index contributed by atoms with van der Waals surface area (Å²) in [5.41, 5.74) is 0.756. The molecule has 1 aromatic carbocycles. The van der Waals surface area contributed by atoms with Crippen molar-refractivity contribution in [2.75, 3.05) is 11.9 Å². The molecule has 3 nitrogen and oxygen atoms in total. The van der Waals surface area contributed by atoms with Crippen LogP contribution in [0.3, 0.4) is 0 Å². The van der Waals surface area contributed by atoms with Gasteiger partial charge in [0.05, 0.1) is 22.8 Å². The summed E-state index contributed by atoms with van der Waals surface area (Å²) < 4.78 is 1.03. The lowest BCUT2D eigenvalue weighted by atomic mass is 10.1. The highest BCUT2D eigenvalue weighted by Crippen LogP contribution is 2.31. The number of carboxylic acid groups (broad SMARTS) is 1. The zero-order chi connectivity index (χ0) is 14.0. The van der Waals surface area contributed by atoms with E-state index in [9.17, 15) is 9.90 Å². The molecule has 2 aromatic rings. The first-order chi connectivity index (χ1) is 8.99. The molecular formula is C13H11BrClNO2S. The second-order valence-electron chi connectivity index (χ2n) is 4.03. The fraction of sp³-hybridized carbons (Fsp3) is 0.154. The fourth-order valence-electron chi connectivity index (χ4n) is 1.83. The van der Waals surface area contributed by atoms with Gasteiger partial charge in [-0.15, -0.1) is 11.3 Å². The van der Waals surface area contributed by atoms with Crippen LogP contribution in [0, 0.1) is 0 Å². The maximum Gasteiger partial charge on any atom is 0.337 e. The van der Waals surface area contributed by atoms with Gasteiger partial charge in [-0.2, -0.15) is 0 Å². The minimum Gasteiger partial charge on any atom is -0.478 e. The lowest BCUT2D eigenvalue weighted by molar-refractivity contribution is 0.0697. The molecule has 100 valence electrons. The highest BCUT2D eigenvalue weighted by molar-refractivity contribution is 9.10. The number of nitrogens with zero attached hydrogens (tertiary/aromatic N) is 1. The highest BCUT2D eigenvalue weighted by Gasteiger charge is 2.17. The molecule has 0 radical (unpaired) electrons. The van der Waals surface area contributed by atoms with Gasteiger partial charge < -0.3 is 10.0 Å². The standard InChI is InChI=1S/C13H11BrClNO2S/c1-16(6-9-5-8(14)7-19-9)12-10(13(17)18)3-2-4-11(12)15/h2-5,7H,6H2,1H3,(H,17,18). The molecule has 0 amide bonds. The second kappa shape index (κ2) is 5.94. The SMILES string of the molecule is CN(Cc1cc(Br)cs1)c1c(Cl)cccc1C(=O)O. The van der Waals surface area contributed by atoms with Crippen LogP contribution < -0.4 is 4.90 Å². The van der Waals surface area contributed by atoms with E-state index in [0.29, 0.717) is 17.3 Å². The van der Waals surface area contributed by atoms with E-state index in [4.69, 9.17) is 11.6 Å². The molecule has 0 atom stereocenters. The van der Waals surface area contributed by atoms with Gasteiger partial charge in [0.25, 0.3) is 0 Å². The molecule has 0 bridgehead atoms. The number of hydrogen-bond donors (Lipinski definition) is 1. The third-order valence-corrected chi connectivity index (χ3v) is 4.60. The highest BCUT2D eigenvalue weighted by atomic mass is 79.9. The molecule has 19 heavy (non-hydrogen) atoms. The number of thiophene rings is 1. The van der Waals surface area contributed by atoms with Crippen molar-refractivity contribution < 1.29 is 9.90 Å². The normalized spacial score (nSPS) is 10.5. The maximum absolute atomic E-state index is 11.2. The van der Waals surface area contributed by atoms with E-state index in [1.165, 1.54) is 0 Å². The van der Waals surface area contributed by atoms with Gasteiger partial charge in [0.15, 0.2) is 0 Å².